The van der Waals surface area contributed by atoms with Crippen LogP contribution < -0.4 is 0 Å². The topological polar surface area (TPSA) is 17.1 Å². The Labute approximate surface area is 32.1 Å². The molecule has 0 amide bonds. The van der Waals surface area contributed by atoms with Gasteiger partial charge in [-0.1, -0.05) is 0 Å². The van der Waals surface area contributed by atoms with Crippen LogP contribution in [0.1, 0.15) is 6.92 Å². The molecular weight excluding hydrogens is 113 g/mol. The van der Waals surface area contributed by atoms with Crippen LogP contribution in [0.15, 0.2) is 0 Å². The molecule has 0 unspecified atom stereocenters. The maximum atomic E-state index is 9.45. The van der Waals surface area contributed by atoms with Gasteiger partial charge in [0.05, 0.1) is 0 Å². The predicted molar refractivity (Wildman–Crippen MR) is 18.3 cm³/mol. The van der Waals surface area contributed by atoms with Crippen molar-refractivity contribution in [3.05, 3.63) is 0 Å². The average molecular weight is 119 g/mol. The van der Waals surface area contributed by atoms with Gasteiger partial charge >= 0.3 is 31.3 Å². The number of rotatable bonds is 1. The fourth-order valence-corrected chi connectivity index (χ4v) is 0. The molecule has 0 bridgehead atoms. The van der Waals surface area contributed by atoms with Crippen LogP contribution in [0.4, 0.5) is 0 Å². The molecule has 0 aromatic rings. The Hall–Kier alpha value is 0.343. The molecule has 0 atom stereocenters. The molecule has 0 aromatic heterocycles. The van der Waals surface area contributed by atoms with Crippen LogP contribution in [0, 0.1) is 0 Å². The van der Waals surface area contributed by atoms with E-state index < -0.39 is 15.4 Å². The second kappa shape index (κ2) is 3.34. The van der Waals surface area contributed by atoms with Crippen molar-refractivity contribution in [2.75, 3.05) is 0 Å². The Balaban J connectivity index is 2.30. The molecule has 0 saturated carbocycles. The quantitative estimate of drug-likeness (QED) is 0.450. The zero-order chi connectivity index (χ0) is 3.41. The molecule has 0 aliphatic heterocycles. The summed E-state index contributed by atoms with van der Waals surface area (Å²) >= 11 is -0.938. The molecule has 0 saturated heterocycles. The molecule has 2 heteroatoms. The fourth-order valence-electron chi connectivity index (χ4n) is 0. The molecule has 0 aromatic carbocycles. The zero-order valence-electron chi connectivity index (χ0n) is 2.69. The van der Waals surface area contributed by atoms with Gasteiger partial charge in [0.15, 0.2) is 0 Å². The molecule has 0 spiro atoms. The molecule has 0 radical (unpaired) electrons. The standard InChI is InChI=1S/C2H6GeO/c1-2-3-4/h3H,2H2,1H3. The minimum atomic E-state index is -0.938. The molecular formula is C2H6GeO. The van der Waals surface area contributed by atoms with Gasteiger partial charge in [-0.15, -0.1) is 0 Å². The maximum absolute atomic E-state index is 9.45. The second-order valence-corrected chi connectivity index (χ2v) is 2.99. The van der Waals surface area contributed by atoms with Gasteiger partial charge in [-0.2, -0.15) is 0 Å². The molecule has 0 fully saturated rings. The van der Waals surface area contributed by atoms with Crippen molar-refractivity contribution in [3.8, 4) is 0 Å². The number of hydrogen-bond donors (Lipinski definition) is 0. The Morgan fingerprint density at radius 3 is 2.25 bits per heavy atom. The molecule has 0 rings (SSSR count). The van der Waals surface area contributed by atoms with Crippen molar-refractivity contribution >= 4 is 15.4 Å². The van der Waals surface area contributed by atoms with E-state index in [-0.39, 0.29) is 0 Å². The predicted octanol–water partition coefficient (Wildman–Crippen LogP) is 0.207. The van der Waals surface area contributed by atoms with Crippen molar-refractivity contribution in [1.29, 1.82) is 0 Å². The van der Waals surface area contributed by atoms with Gasteiger partial charge in [-0.3, -0.25) is 0 Å². The van der Waals surface area contributed by atoms with Gasteiger partial charge in [0.1, 0.15) is 0 Å². The zero-order valence-corrected chi connectivity index (χ0v) is 5.12. The molecule has 24 valence electrons. The third-order valence-electron chi connectivity index (χ3n) is 0.167. The Bertz CT molecular complexity index is 20.0. The summed E-state index contributed by atoms with van der Waals surface area (Å²) < 4.78 is 9.45. The number of hydrogen-bond acceptors (Lipinski definition) is 1. The summed E-state index contributed by atoms with van der Waals surface area (Å²) in [6, 6.07) is 0. The van der Waals surface area contributed by atoms with E-state index in [1.165, 1.54) is 0 Å². The normalized spacial score (nSPS) is 6.25. The first-order valence-corrected chi connectivity index (χ1v) is 4.05. The van der Waals surface area contributed by atoms with Crippen molar-refractivity contribution < 1.29 is 3.78 Å². The molecule has 0 aliphatic carbocycles. The van der Waals surface area contributed by atoms with Crippen LogP contribution in [0.2, 0.25) is 5.25 Å². The van der Waals surface area contributed by atoms with Crippen molar-refractivity contribution in [1.82, 2.24) is 0 Å². The van der Waals surface area contributed by atoms with Crippen LogP contribution in [0.3, 0.4) is 0 Å². The van der Waals surface area contributed by atoms with Gasteiger partial charge in [-0.05, 0) is 0 Å². The van der Waals surface area contributed by atoms with E-state index in [1.807, 2.05) is 6.92 Å². The van der Waals surface area contributed by atoms with Gasteiger partial charge < -0.3 is 0 Å². The Kier molecular flexibility index (Phi) is 3.63. The van der Waals surface area contributed by atoms with E-state index in [0.29, 0.717) is 0 Å². The molecule has 0 heterocycles. The summed E-state index contributed by atoms with van der Waals surface area (Å²) in [7, 11) is 0. The average Bonchev–Trinajstić information content (AvgIpc) is 1.37. The van der Waals surface area contributed by atoms with Crippen molar-refractivity contribution in [2.45, 2.75) is 12.2 Å². The summed E-state index contributed by atoms with van der Waals surface area (Å²) in [6.45, 7) is 1.94. The van der Waals surface area contributed by atoms with Crippen molar-refractivity contribution in [3.63, 3.8) is 0 Å². The van der Waals surface area contributed by atoms with Crippen LogP contribution >= 0.6 is 0 Å². The van der Waals surface area contributed by atoms with Crippen LogP contribution in [0.5, 0.6) is 0 Å². The van der Waals surface area contributed by atoms with E-state index in [4.69, 9.17) is 0 Å². The molecule has 0 aliphatic rings. The first kappa shape index (κ1) is 4.34. The summed E-state index contributed by atoms with van der Waals surface area (Å²) in [5.74, 6) is 0. The molecule has 4 heavy (non-hydrogen) atoms. The van der Waals surface area contributed by atoms with Crippen LogP contribution in [-0.2, 0) is 3.78 Å². The van der Waals surface area contributed by atoms with E-state index >= 15 is 0 Å². The molecule has 0 N–H and O–H groups in total. The molecule has 1 nitrogen and oxygen atoms in total. The summed E-state index contributed by atoms with van der Waals surface area (Å²) in [5, 5.41) is 0.920. The summed E-state index contributed by atoms with van der Waals surface area (Å²) in [6.07, 6.45) is 0. The first-order chi connectivity index (χ1) is 1.91. The van der Waals surface area contributed by atoms with E-state index in [9.17, 15) is 3.78 Å². The second-order valence-electron chi connectivity index (χ2n) is 0.575. The Morgan fingerprint density at radius 1 is 2.00 bits per heavy atom. The van der Waals surface area contributed by atoms with Crippen LogP contribution in [-0.4, -0.2) is 15.4 Å². The third kappa shape index (κ3) is 2.34. The van der Waals surface area contributed by atoms with E-state index in [2.05, 4.69) is 0 Å². The van der Waals surface area contributed by atoms with Gasteiger partial charge in [0.2, 0.25) is 0 Å². The first-order valence-electron chi connectivity index (χ1n) is 1.35. The van der Waals surface area contributed by atoms with Gasteiger partial charge in [0, 0.05) is 0 Å². The van der Waals surface area contributed by atoms with E-state index in [1.54, 1.807) is 0 Å². The SMILES string of the molecule is C[CH2][GeH]=[O]. The van der Waals surface area contributed by atoms with Gasteiger partial charge in [0.25, 0.3) is 0 Å². The Morgan fingerprint density at radius 2 is 2.25 bits per heavy atom. The fraction of sp³-hybridized carbons (Fsp3) is 1.00. The minimum absolute atomic E-state index is 0.920. The summed E-state index contributed by atoms with van der Waals surface area (Å²) in [5.41, 5.74) is 0. The van der Waals surface area contributed by atoms with Gasteiger partial charge in [-0.25, -0.2) is 0 Å². The summed E-state index contributed by atoms with van der Waals surface area (Å²) in [4.78, 5) is 0. The third-order valence-corrected chi connectivity index (χ3v) is 0.866. The monoisotopic (exact) mass is 120 g/mol. The van der Waals surface area contributed by atoms with Crippen molar-refractivity contribution in [2.24, 2.45) is 0 Å². The van der Waals surface area contributed by atoms with E-state index in [0.717, 1.165) is 5.25 Å². The van der Waals surface area contributed by atoms with Crippen LogP contribution in [0.25, 0.3) is 0 Å².